The molecule has 3 amide bonds. The highest BCUT2D eigenvalue weighted by atomic mass is 35.5. The van der Waals surface area contributed by atoms with Gasteiger partial charge in [0.1, 0.15) is 19.0 Å². The molecule has 1 heterocycles. The van der Waals surface area contributed by atoms with E-state index in [1.54, 1.807) is 36.4 Å². The average Bonchev–Trinajstić information content (AvgIpc) is 3.12. The third-order valence-electron chi connectivity index (χ3n) is 5.25. The number of carbonyl (C=O) groups excluding carboxylic acids is 3. The van der Waals surface area contributed by atoms with Crippen molar-refractivity contribution in [2.24, 2.45) is 0 Å². The number of anilines is 1. The maximum absolute atomic E-state index is 13.3. The lowest BCUT2D eigenvalue weighted by molar-refractivity contribution is -0.127. The highest BCUT2D eigenvalue weighted by Gasteiger charge is 2.36. The van der Waals surface area contributed by atoms with Crippen LogP contribution in [0.1, 0.15) is 18.1 Å². The van der Waals surface area contributed by atoms with Gasteiger partial charge in [0, 0.05) is 21.3 Å². The number of hydrogen-bond acceptors (Lipinski definition) is 6. The summed E-state index contributed by atoms with van der Waals surface area (Å²) in [6.07, 6.45) is 1.54. The first-order valence-electron chi connectivity index (χ1n) is 11.4. The molecule has 0 bridgehead atoms. The van der Waals surface area contributed by atoms with Crippen LogP contribution in [-0.4, -0.2) is 35.1 Å². The molecule has 0 unspecified atom stereocenters. The monoisotopic (exact) mass is 574 g/mol. The minimum atomic E-state index is -0.625. The molecule has 0 saturated carbocycles. The fourth-order valence-electron chi connectivity index (χ4n) is 3.49. The van der Waals surface area contributed by atoms with Gasteiger partial charge in [-0.15, -0.1) is 0 Å². The van der Waals surface area contributed by atoms with E-state index >= 15 is 0 Å². The Morgan fingerprint density at radius 1 is 1.05 bits per heavy atom. The first-order valence-corrected chi connectivity index (χ1v) is 12.9. The van der Waals surface area contributed by atoms with Crippen LogP contribution in [0.4, 0.5) is 14.9 Å². The Labute approximate surface area is 232 Å². The quantitative estimate of drug-likeness (QED) is 0.283. The van der Waals surface area contributed by atoms with Crippen LogP contribution < -0.4 is 14.8 Å². The molecule has 196 valence electrons. The predicted octanol–water partition coefficient (Wildman–Crippen LogP) is 6.79. The molecule has 7 nitrogen and oxygen atoms in total. The van der Waals surface area contributed by atoms with E-state index in [-0.39, 0.29) is 17.2 Å². The van der Waals surface area contributed by atoms with Crippen LogP contribution in [0.2, 0.25) is 10.0 Å². The summed E-state index contributed by atoms with van der Waals surface area (Å²) >= 11 is 12.9. The van der Waals surface area contributed by atoms with Gasteiger partial charge in [-0.3, -0.25) is 19.3 Å². The van der Waals surface area contributed by atoms with Crippen LogP contribution >= 0.6 is 35.0 Å². The van der Waals surface area contributed by atoms with Gasteiger partial charge in [-0.25, -0.2) is 4.39 Å². The molecule has 1 saturated heterocycles. The average molecular weight is 575 g/mol. The molecule has 0 aromatic heterocycles. The van der Waals surface area contributed by atoms with Crippen LogP contribution in [-0.2, 0) is 16.2 Å². The standard InChI is InChI=1S/C27H21Cl2FN2O5S/c1-2-36-23-10-16(6-9-22(23)37-15-17-7-8-18(28)12-21(17)29)11-24-26(34)32(27(35)38-24)14-25(33)31-20-5-3-4-19(30)13-20/h3-13H,2,14-15H2,1H3,(H,31,33)/b24-11+. The third-order valence-corrected chi connectivity index (χ3v) is 6.74. The van der Waals surface area contributed by atoms with E-state index in [1.807, 2.05) is 6.92 Å². The number of imide groups is 1. The van der Waals surface area contributed by atoms with E-state index in [4.69, 9.17) is 32.7 Å². The predicted molar refractivity (Wildman–Crippen MR) is 146 cm³/mol. The molecular formula is C27H21Cl2FN2O5S. The van der Waals surface area contributed by atoms with Crippen molar-refractivity contribution in [2.45, 2.75) is 13.5 Å². The molecule has 0 atom stereocenters. The van der Waals surface area contributed by atoms with Gasteiger partial charge < -0.3 is 14.8 Å². The van der Waals surface area contributed by atoms with Crippen molar-refractivity contribution in [3.8, 4) is 11.5 Å². The number of rotatable bonds is 9. The fraction of sp³-hybridized carbons (Fsp3) is 0.148. The summed E-state index contributed by atoms with van der Waals surface area (Å²) in [5.41, 5.74) is 1.57. The normalized spacial score (nSPS) is 14.2. The maximum atomic E-state index is 13.3. The number of amides is 3. The molecule has 4 rings (SSSR count). The van der Waals surface area contributed by atoms with Gasteiger partial charge in [0.25, 0.3) is 11.1 Å². The number of nitrogens with one attached hydrogen (secondary N) is 1. The highest BCUT2D eigenvalue weighted by Crippen LogP contribution is 2.35. The van der Waals surface area contributed by atoms with Gasteiger partial charge in [0.15, 0.2) is 11.5 Å². The van der Waals surface area contributed by atoms with Gasteiger partial charge in [-0.05, 0) is 72.8 Å². The van der Waals surface area contributed by atoms with Gasteiger partial charge >= 0.3 is 0 Å². The fourth-order valence-corrected chi connectivity index (χ4v) is 4.80. The largest absolute Gasteiger partial charge is 0.490 e. The first-order chi connectivity index (χ1) is 18.2. The minimum absolute atomic E-state index is 0.151. The summed E-state index contributed by atoms with van der Waals surface area (Å²) in [4.78, 5) is 38.6. The molecule has 1 fully saturated rings. The Balaban J connectivity index is 1.45. The summed E-state index contributed by atoms with van der Waals surface area (Å²) in [5, 5.41) is 2.89. The van der Waals surface area contributed by atoms with Gasteiger partial charge in [0.05, 0.1) is 11.5 Å². The Kier molecular flexibility index (Phi) is 8.93. The van der Waals surface area contributed by atoms with Crippen molar-refractivity contribution >= 4 is 63.8 Å². The third kappa shape index (κ3) is 6.86. The van der Waals surface area contributed by atoms with Gasteiger partial charge in [0.2, 0.25) is 5.91 Å². The van der Waals surface area contributed by atoms with E-state index in [0.29, 0.717) is 33.7 Å². The smallest absolute Gasteiger partial charge is 0.294 e. The summed E-state index contributed by atoms with van der Waals surface area (Å²) in [5.74, 6) is -0.837. The number of hydrogen-bond donors (Lipinski definition) is 1. The second-order valence-electron chi connectivity index (χ2n) is 7.99. The van der Waals surface area contributed by atoms with Gasteiger partial charge in [-0.1, -0.05) is 41.4 Å². The number of ether oxygens (including phenoxy) is 2. The van der Waals surface area contributed by atoms with E-state index in [9.17, 15) is 18.8 Å². The Hall–Kier alpha value is -3.53. The number of carbonyl (C=O) groups is 3. The summed E-state index contributed by atoms with van der Waals surface area (Å²) < 4.78 is 25.0. The molecule has 1 aliphatic heterocycles. The molecule has 3 aromatic carbocycles. The van der Waals surface area contributed by atoms with Crippen molar-refractivity contribution in [3.05, 3.63) is 92.6 Å². The molecule has 1 N–H and O–H groups in total. The van der Waals surface area contributed by atoms with Crippen molar-refractivity contribution in [1.82, 2.24) is 4.90 Å². The maximum Gasteiger partial charge on any atom is 0.294 e. The molecular weight excluding hydrogens is 554 g/mol. The minimum Gasteiger partial charge on any atom is -0.490 e. The molecule has 38 heavy (non-hydrogen) atoms. The van der Waals surface area contributed by atoms with Crippen LogP contribution in [0, 0.1) is 5.82 Å². The summed E-state index contributed by atoms with van der Waals surface area (Å²) in [6.45, 7) is 1.89. The number of halogens is 3. The first kappa shape index (κ1) is 27.5. The van der Waals surface area contributed by atoms with E-state index in [0.717, 1.165) is 28.3 Å². The number of thioether (sulfide) groups is 1. The molecule has 11 heteroatoms. The Morgan fingerprint density at radius 2 is 1.87 bits per heavy atom. The molecule has 1 aliphatic rings. The second kappa shape index (κ2) is 12.3. The Morgan fingerprint density at radius 3 is 2.61 bits per heavy atom. The van der Waals surface area contributed by atoms with Crippen LogP contribution in [0.15, 0.2) is 65.6 Å². The lowest BCUT2D eigenvalue weighted by Crippen LogP contribution is -2.36. The molecule has 0 spiro atoms. The van der Waals surface area contributed by atoms with Crippen LogP contribution in [0.3, 0.4) is 0 Å². The molecule has 0 aliphatic carbocycles. The van der Waals surface area contributed by atoms with E-state index < -0.39 is 29.4 Å². The van der Waals surface area contributed by atoms with Crippen molar-refractivity contribution in [3.63, 3.8) is 0 Å². The molecule has 0 radical (unpaired) electrons. The van der Waals surface area contributed by atoms with Crippen LogP contribution in [0.5, 0.6) is 11.5 Å². The summed E-state index contributed by atoms with van der Waals surface area (Å²) in [6, 6.07) is 15.5. The van der Waals surface area contributed by atoms with Crippen molar-refractivity contribution < 1.29 is 28.2 Å². The van der Waals surface area contributed by atoms with Crippen molar-refractivity contribution in [1.29, 1.82) is 0 Å². The molecule has 3 aromatic rings. The number of nitrogens with zero attached hydrogens (tertiary/aromatic N) is 1. The topological polar surface area (TPSA) is 84.9 Å². The van der Waals surface area contributed by atoms with Crippen molar-refractivity contribution in [2.75, 3.05) is 18.5 Å². The van der Waals surface area contributed by atoms with E-state index in [1.165, 1.54) is 24.3 Å². The lowest BCUT2D eigenvalue weighted by atomic mass is 10.1. The lowest BCUT2D eigenvalue weighted by Gasteiger charge is -2.14. The number of benzene rings is 3. The zero-order valence-corrected chi connectivity index (χ0v) is 22.3. The van der Waals surface area contributed by atoms with Crippen LogP contribution in [0.25, 0.3) is 6.08 Å². The SMILES string of the molecule is CCOc1cc(/C=C2/SC(=O)N(CC(=O)Nc3cccc(F)c3)C2=O)ccc1OCc1ccc(Cl)cc1Cl. The summed E-state index contributed by atoms with van der Waals surface area (Å²) in [7, 11) is 0. The zero-order chi connectivity index (χ0) is 27.2. The Bertz CT molecular complexity index is 1430. The van der Waals surface area contributed by atoms with E-state index in [2.05, 4.69) is 5.32 Å². The zero-order valence-electron chi connectivity index (χ0n) is 20.0. The van der Waals surface area contributed by atoms with Gasteiger partial charge in [-0.2, -0.15) is 0 Å². The highest BCUT2D eigenvalue weighted by molar-refractivity contribution is 8.18. The second-order valence-corrected chi connectivity index (χ2v) is 9.83.